The maximum atomic E-state index is 12.1. The first-order chi connectivity index (χ1) is 11.9. The van der Waals surface area contributed by atoms with Gasteiger partial charge in [0.05, 0.1) is 13.1 Å². The zero-order valence-electron chi connectivity index (χ0n) is 14.6. The number of carboxylic acid groups (broad SMARTS) is 1. The van der Waals surface area contributed by atoms with Crippen molar-refractivity contribution in [2.75, 3.05) is 13.6 Å². The first-order valence-corrected chi connectivity index (χ1v) is 8.47. The first-order valence-electron chi connectivity index (χ1n) is 8.47. The second-order valence-corrected chi connectivity index (χ2v) is 6.40. The fraction of sp³-hybridized carbons (Fsp3) is 0.588. The quantitative estimate of drug-likeness (QED) is 0.724. The number of aromatic carboxylic acids is 1. The van der Waals surface area contributed by atoms with E-state index in [2.05, 4.69) is 10.6 Å². The summed E-state index contributed by atoms with van der Waals surface area (Å²) >= 11 is 0. The van der Waals surface area contributed by atoms with Crippen LogP contribution in [-0.2, 0) is 11.3 Å². The summed E-state index contributed by atoms with van der Waals surface area (Å²) < 4.78 is 5.35. The van der Waals surface area contributed by atoms with E-state index in [0.29, 0.717) is 11.5 Å². The zero-order valence-corrected chi connectivity index (χ0v) is 14.6. The molecule has 0 bridgehead atoms. The summed E-state index contributed by atoms with van der Waals surface area (Å²) in [5, 5.41) is 14.5. The van der Waals surface area contributed by atoms with Gasteiger partial charge in [-0.1, -0.05) is 19.3 Å². The molecule has 3 amide bonds. The van der Waals surface area contributed by atoms with E-state index >= 15 is 0 Å². The van der Waals surface area contributed by atoms with Crippen LogP contribution in [-0.4, -0.2) is 47.5 Å². The molecule has 1 saturated carbocycles. The van der Waals surface area contributed by atoms with Gasteiger partial charge in [0.15, 0.2) is 0 Å². The Morgan fingerprint density at radius 1 is 1.28 bits per heavy atom. The van der Waals surface area contributed by atoms with E-state index < -0.39 is 5.97 Å². The van der Waals surface area contributed by atoms with Crippen LogP contribution in [0.1, 0.15) is 54.0 Å². The molecule has 0 radical (unpaired) electrons. The van der Waals surface area contributed by atoms with E-state index in [9.17, 15) is 14.4 Å². The van der Waals surface area contributed by atoms with Crippen LogP contribution in [0.5, 0.6) is 0 Å². The van der Waals surface area contributed by atoms with Gasteiger partial charge in [0.25, 0.3) is 0 Å². The average Bonchev–Trinajstić information content (AvgIpc) is 2.94. The predicted molar refractivity (Wildman–Crippen MR) is 90.3 cm³/mol. The number of nitrogens with zero attached hydrogens (tertiary/aromatic N) is 1. The van der Waals surface area contributed by atoms with E-state index in [4.69, 9.17) is 9.52 Å². The third-order valence-electron chi connectivity index (χ3n) is 4.36. The van der Waals surface area contributed by atoms with Crippen LogP contribution in [0.15, 0.2) is 10.5 Å². The van der Waals surface area contributed by atoms with Gasteiger partial charge in [-0.25, -0.2) is 9.59 Å². The van der Waals surface area contributed by atoms with E-state index in [1.165, 1.54) is 17.4 Å². The Morgan fingerprint density at radius 3 is 2.56 bits per heavy atom. The Kier molecular flexibility index (Phi) is 6.44. The van der Waals surface area contributed by atoms with Crippen molar-refractivity contribution in [2.24, 2.45) is 0 Å². The number of furan rings is 1. The van der Waals surface area contributed by atoms with Crippen LogP contribution in [0.4, 0.5) is 4.79 Å². The van der Waals surface area contributed by atoms with Gasteiger partial charge in [-0.15, -0.1) is 0 Å². The third-order valence-corrected chi connectivity index (χ3v) is 4.36. The molecule has 1 heterocycles. The largest absolute Gasteiger partial charge is 0.478 e. The SMILES string of the molecule is Cc1oc(CN(C)C(=O)CNC(=O)NC2CCCCC2)cc1C(=O)O. The lowest BCUT2D eigenvalue weighted by Gasteiger charge is -2.23. The van der Waals surface area contributed by atoms with Gasteiger partial charge in [-0.05, 0) is 25.8 Å². The molecule has 3 N–H and O–H groups in total. The molecule has 1 aromatic rings. The molecule has 0 atom stereocenters. The molecule has 0 unspecified atom stereocenters. The zero-order chi connectivity index (χ0) is 18.4. The molecule has 1 aliphatic rings. The highest BCUT2D eigenvalue weighted by atomic mass is 16.4. The number of urea groups is 1. The molecule has 8 heteroatoms. The number of amides is 3. The molecule has 0 aromatic carbocycles. The van der Waals surface area contributed by atoms with Gasteiger partial charge >= 0.3 is 12.0 Å². The summed E-state index contributed by atoms with van der Waals surface area (Å²) in [6.45, 7) is 1.57. The van der Waals surface area contributed by atoms with Crippen molar-refractivity contribution in [3.8, 4) is 0 Å². The molecule has 2 rings (SSSR count). The van der Waals surface area contributed by atoms with Crippen LogP contribution in [0, 0.1) is 6.92 Å². The van der Waals surface area contributed by atoms with Gasteiger partial charge in [-0.3, -0.25) is 4.79 Å². The standard InChI is InChI=1S/C17H25N3O5/c1-11-14(16(22)23)8-13(25-11)10-20(2)15(21)9-18-17(24)19-12-6-4-3-5-7-12/h8,12H,3-7,9-10H2,1-2H3,(H,22,23)(H2,18,19,24). The molecule has 1 aliphatic carbocycles. The summed E-state index contributed by atoms with van der Waals surface area (Å²) in [4.78, 5) is 36.3. The topological polar surface area (TPSA) is 112 Å². The lowest BCUT2D eigenvalue weighted by molar-refractivity contribution is -0.129. The van der Waals surface area contributed by atoms with Crippen LogP contribution in [0.2, 0.25) is 0 Å². The lowest BCUT2D eigenvalue weighted by Crippen LogP contribution is -2.46. The molecule has 138 valence electrons. The highest BCUT2D eigenvalue weighted by molar-refractivity contribution is 5.89. The van der Waals surface area contributed by atoms with Gasteiger partial charge in [0, 0.05) is 13.1 Å². The summed E-state index contributed by atoms with van der Waals surface area (Å²) in [7, 11) is 1.57. The number of nitrogens with one attached hydrogen (secondary N) is 2. The Bertz CT molecular complexity index is 634. The Balaban J connectivity index is 1.76. The van der Waals surface area contributed by atoms with Crippen molar-refractivity contribution in [2.45, 2.75) is 51.6 Å². The number of rotatable bonds is 6. The van der Waals surface area contributed by atoms with Crippen LogP contribution in [0.25, 0.3) is 0 Å². The van der Waals surface area contributed by atoms with E-state index in [1.54, 1.807) is 14.0 Å². The molecule has 1 aromatic heterocycles. The van der Waals surface area contributed by atoms with E-state index in [0.717, 1.165) is 25.7 Å². The predicted octanol–water partition coefficient (Wildman–Crippen LogP) is 1.88. The maximum absolute atomic E-state index is 12.1. The number of hydrogen-bond acceptors (Lipinski definition) is 4. The summed E-state index contributed by atoms with van der Waals surface area (Å²) in [6.07, 6.45) is 5.40. The number of carboxylic acids is 1. The Hall–Kier alpha value is -2.51. The van der Waals surface area contributed by atoms with Crippen molar-refractivity contribution in [3.63, 3.8) is 0 Å². The number of carbonyl (C=O) groups is 3. The van der Waals surface area contributed by atoms with Crippen LogP contribution in [0.3, 0.4) is 0 Å². The monoisotopic (exact) mass is 351 g/mol. The van der Waals surface area contributed by atoms with Crippen LogP contribution < -0.4 is 10.6 Å². The minimum absolute atomic E-state index is 0.0841. The fourth-order valence-electron chi connectivity index (χ4n) is 2.93. The smallest absolute Gasteiger partial charge is 0.339 e. The van der Waals surface area contributed by atoms with Crippen molar-refractivity contribution in [3.05, 3.63) is 23.2 Å². The maximum Gasteiger partial charge on any atom is 0.339 e. The molecule has 0 aliphatic heterocycles. The molecular formula is C17H25N3O5. The number of hydrogen-bond donors (Lipinski definition) is 3. The molecular weight excluding hydrogens is 326 g/mol. The molecule has 25 heavy (non-hydrogen) atoms. The molecule has 0 saturated heterocycles. The van der Waals surface area contributed by atoms with Gasteiger partial charge < -0.3 is 25.1 Å². The molecule has 0 spiro atoms. The minimum atomic E-state index is -1.07. The van der Waals surface area contributed by atoms with Gasteiger partial charge in [-0.2, -0.15) is 0 Å². The van der Waals surface area contributed by atoms with Crippen molar-refractivity contribution >= 4 is 17.9 Å². The molecule has 8 nitrogen and oxygen atoms in total. The first kappa shape index (κ1) is 18.8. The highest BCUT2D eigenvalue weighted by Crippen LogP contribution is 2.17. The van der Waals surface area contributed by atoms with Crippen molar-refractivity contribution in [1.29, 1.82) is 0 Å². The number of aryl methyl sites for hydroxylation is 1. The van der Waals surface area contributed by atoms with Crippen molar-refractivity contribution in [1.82, 2.24) is 15.5 Å². The van der Waals surface area contributed by atoms with Crippen molar-refractivity contribution < 1.29 is 23.9 Å². The molecule has 1 fully saturated rings. The Labute approximate surface area is 146 Å². The second-order valence-electron chi connectivity index (χ2n) is 6.40. The number of carbonyl (C=O) groups excluding carboxylic acids is 2. The number of likely N-dealkylation sites (N-methyl/N-ethyl adjacent to an activating group) is 1. The summed E-state index contributed by atoms with van der Waals surface area (Å²) in [5.74, 6) is -0.669. The fourth-order valence-corrected chi connectivity index (χ4v) is 2.93. The Morgan fingerprint density at radius 2 is 1.96 bits per heavy atom. The van der Waals surface area contributed by atoms with E-state index in [1.807, 2.05) is 0 Å². The summed E-state index contributed by atoms with van der Waals surface area (Å²) in [5.41, 5.74) is 0.0841. The average molecular weight is 351 g/mol. The third kappa shape index (κ3) is 5.51. The lowest BCUT2D eigenvalue weighted by atomic mass is 9.96. The summed E-state index contributed by atoms with van der Waals surface area (Å²) in [6, 6.07) is 1.25. The highest BCUT2D eigenvalue weighted by Gasteiger charge is 2.19. The normalized spacial score (nSPS) is 14.8. The minimum Gasteiger partial charge on any atom is -0.478 e. The van der Waals surface area contributed by atoms with Gasteiger partial charge in [0.2, 0.25) is 5.91 Å². The van der Waals surface area contributed by atoms with Crippen LogP contribution >= 0.6 is 0 Å². The van der Waals surface area contributed by atoms with Gasteiger partial charge in [0.1, 0.15) is 17.1 Å². The van der Waals surface area contributed by atoms with E-state index in [-0.39, 0.29) is 36.6 Å². The second kappa shape index (κ2) is 8.55.